The van der Waals surface area contributed by atoms with Crippen LogP contribution in [0.3, 0.4) is 0 Å². The fraction of sp³-hybridized carbons (Fsp3) is 0.312. The van der Waals surface area contributed by atoms with Gasteiger partial charge >= 0.3 is 5.97 Å². The SMILES string of the molecule is CCC(CC)N1C(=O)S/C(=C\c2ccc(C(=O)O)cc2)C1=O. The van der Waals surface area contributed by atoms with Crippen LogP contribution in [0.5, 0.6) is 0 Å². The molecule has 22 heavy (non-hydrogen) atoms. The number of hydrogen-bond donors (Lipinski definition) is 1. The lowest BCUT2D eigenvalue weighted by molar-refractivity contribution is -0.124. The fourth-order valence-electron chi connectivity index (χ4n) is 2.32. The quantitative estimate of drug-likeness (QED) is 0.839. The summed E-state index contributed by atoms with van der Waals surface area (Å²) in [5, 5.41) is 8.62. The summed E-state index contributed by atoms with van der Waals surface area (Å²) >= 11 is 0.928. The van der Waals surface area contributed by atoms with Gasteiger partial charge in [0, 0.05) is 6.04 Å². The molecule has 0 unspecified atom stereocenters. The number of imide groups is 1. The third-order valence-electron chi connectivity index (χ3n) is 3.59. The topological polar surface area (TPSA) is 74.7 Å². The largest absolute Gasteiger partial charge is 0.478 e. The molecule has 1 aliphatic rings. The number of carbonyl (C=O) groups excluding carboxylic acids is 2. The molecular formula is C16H17NO4S. The summed E-state index contributed by atoms with van der Waals surface area (Å²) in [6.07, 6.45) is 3.09. The molecule has 1 aliphatic heterocycles. The molecule has 0 bridgehead atoms. The van der Waals surface area contributed by atoms with E-state index in [1.54, 1.807) is 18.2 Å². The smallest absolute Gasteiger partial charge is 0.335 e. The molecule has 1 aromatic rings. The van der Waals surface area contributed by atoms with Gasteiger partial charge in [-0.25, -0.2) is 4.79 Å². The summed E-state index contributed by atoms with van der Waals surface area (Å²) in [6.45, 7) is 3.90. The van der Waals surface area contributed by atoms with Crippen LogP contribution in [-0.2, 0) is 4.79 Å². The Morgan fingerprint density at radius 1 is 1.23 bits per heavy atom. The number of aromatic carboxylic acids is 1. The van der Waals surface area contributed by atoms with Gasteiger partial charge in [0.05, 0.1) is 10.5 Å². The first kappa shape index (κ1) is 16.3. The van der Waals surface area contributed by atoms with Crippen LogP contribution in [0.4, 0.5) is 4.79 Å². The van der Waals surface area contributed by atoms with E-state index in [4.69, 9.17) is 5.11 Å². The Hall–Kier alpha value is -2.08. The molecule has 5 nitrogen and oxygen atoms in total. The highest BCUT2D eigenvalue weighted by molar-refractivity contribution is 8.18. The van der Waals surface area contributed by atoms with Gasteiger partial charge in [-0.05, 0) is 48.4 Å². The van der Waals surface area contributed by atoms with E-state index in [2.05, 4.69) is 0 Å². The van der Waals surface area contributed by atoms with Crippen molar-refractivity contribution in [2.45, 2.75) is 32.7 Å². The second-order valence-electron chi connectivity index (χ2n) is 4.95. The van der Waals surface area contributed by atoms with Crippen molar-refractivity contribution in [1.82, 2.24) is 4.90 Å². The van der Waals surface area contributed by atoms with Gasteiger partial charge in [-0.3, -0.25) is 14.5 Å². The molecule has 2 amide bonds. The van der Waals surface area contributed by atoms with E-state index in [9.17, 15) is 14.4 Å². The van der Waals surface area contributed by atoms with Crippen LogP contribution in [0.25, 0.3) is 6.08 Å². The number of carboxylic acids is 1. The van der Waals surface area contributed by atoms with Gasteiger partial charge in [-0.1, -0.05) is 26.0 Å². The van der Waals surface area contributed by atoms with E-state index in [0.29, 0.717) is 10.5 Å². The van der Waals surface area contributed by atoms with Gasteiger partial charge in [-0.2, -0.15) is 0 Å². The summed E-state index contributed by atoms with van der Waals surface area (Å²) in [5.41, 5.74) is 0.877. The Morgan fingerprint density at radius 3 is 2.32 bits per heavy atom. The van der Waals surface area contributed by atoms with Crippen LogP contribution in [-0.4, -0.2) is 33.2 Å². The minimum Gasteiger partial charge on any atom is -0.478 e. The average Bonchev–Trinajstić information content (AvgIpc) is 2.77. The fourth-order valence-corrected chi connectivity index (χ4v) is 3.22. The molecule has 0 aliphatic carbocycles. The summed E-state index contributed by atoms with van der Waals surface area (Å²) < 4.78 is 0. The molecule has 1 fully saturated rings. The number of carbonyl (C=O) groups is 3. The Kier molecular flexibility index (Phi) is 5.03. The molecule has 0 atom stereocenters. The van der Waals surface area contributed by atoms with Crippen molar-refractivity contribution in [3.8, 4) is 0 Å². The summed E-state index contributed by atoms with van der Waals surface area (Å²) in [7, 11) is 0. The summed E-state index contributed by atoms with van der Waals surface area (Å²) in [6, 6.07) is 6.11. The van der Waals surface area contributed by atoms with Crippen LogP contribution in [0, 0.1) is 0 Å². The first-order chi connectivity index (χ1) is 10.5. The first-order valence-electron chi connectivity index (χ1n) is 7.08. The highest BCUT2D eigenvalue weighted by Gasteiger charge is 2.38. The lowest BCUT2D eigenvalue weighted by Crippen LogP contribution is -2.37. The van der Waals surface area contributed by atoms with Gasteiger partial charge in [0.2, 0.25) is 0 Å². The first-order valence-corrected chi connectivity index (χ1v) is 7.90. The standard InChI is InChI=1S/C16H17NO4S/c1-3-12(4-2)17-14(18)13(22-16(17)21)9-10-5-7-11(8-6-10)15(19)20/h5-9,12H,3-4H2,1-2H3,(H,19,20)/b13-9-. The van der Waals surface area contributed by atoms with Gasteiger partial charge in [0.15, 0.2) is 0 Å². The van der Waals surface area contributed by atoms with Gasteiger partial charge in [0.1, 0.15) is 0 Å². The zero-order chi connectivity index (χ0) is 16.3. The predicted octanol–water partition coefficient (Wildman–Crippen LogP) is 3.61. The summed E-state index contributed by atoms with van der Waals surface area (Å²) in [5.74, 6) is -1.27. The number of nitrogens with zero attached hydrogens (tertiary/aromatic N) is 1. The lowest BCUT2D eigenvalue weighted by Gasteiger charge is -2.22. The van der Waals surface area contributed by atoms with Gasteiger partial charge in [-0.15, -0.1) is 0 Å². The van der Waals surface area contributed by atoms with Crippen molar-refractivity contribution in [3.05, 3.63) is 40.3 Å². The van der Waals surface area contributed by atoms with Gasteiger partial charge in [0.25, 0.3) is 11.1 Å². The predicted molar refractivity (Wildman–Crippen MR) is 85.6 cm³/mol. The molecule has 1 heterocycles. The normalized spacial score (nSPS) is 16.9. The van der Waals surface area contributed by atoms with E-state index in [1.165, 1.54) is 17.0 Å². The third kappa shape index (κ3) is 3.22. The van der Waals surface area contributed by atoms with Crippen LogP contribution in [0.15, 0.2) is 29.2 Å². The van der Waals surface area contributed by atoms with Crippen molar-refractivity contribution < 1.29 is 19.5 Å². The summed E-state index contributed by atoms with van der Waals surface area (Å²) in [4.78, 5) is 36.9. The molecule has 0 spiro atoms. The molecule has 1 aromatic carbocycles. The maximum absolute atomic E-state index is 12.4. The Balaban J connectivity index is 2.24. The number of benzene rings is 1. The van der Waals surface area contributed by atoms with E-state index in [1.807, 2.05) is 13.8 Å². The number of hydrogen-bond acceptors (Lipinski definition) is 4. The number of rotatable bonds is 5. The number of thioether (sulfide) groups is 1. The highest BCUT2D eigenvalue weighted by atomic mass is 32.2. The molecular weight excluding hydrogens is 302 g/mol. The van der Waals surface area contributed by atoms with Crippen LogP contribution in [0.2, 0.25) is 0 Å². The minimum absolute atomic E-state index is 0.0761. The van der Waals surface area contributed by atoms with Crippen molar-refractivity contribution >= 4 is 35.0 Å². The van der Waals surface area contributed by atoms with E-state index in [0.717, 1.165) is 24.6 Å². The molecule has 2 rings (SSSR count). The maximum atomic E-state index is 12.4. The zero-order valence-electron chi connectivity index (χ0n) is 12.4. The molecule has 0 saturated carbocycles. The Bertz CT molecular complexity index is 632. The van der Waals surface area contributed by atoms with Crippen LogP contribution >= 0.6 is 11.8 Å². The molecule has 116 valence electrons. The average molecular weight is 319 g/mol. The Labute approximate surface area is 133 Å². The highest BCUT2D eigenvalue weighted by Crippen LogP contribution is 2.34. The second-order valence-corrected chi connectivity index (χ2v) is 5.94. The van der Waals surface area contributed by atoms with Crippen molar-refractivity contribution in [1.29, 1.82) is 0 Å². The molecule has 0 radical (unpaired) electrons. The van der Waals surface area contributed by atoms with Crippen molar-refractivity contribution in [2.75, 3.05) is 0 Å². The Morgan fingerprint density at radius 2 is 1.82 bits per heavy atom. The third-order valence-corrected chi connectivity index (χ3v) is 4.47. The maximum Gasteiger partial charge on any atom is 0.335 e. The van der Waals surface area contributed by atoms with Crippen molar-refractivity contribution in [2.24, 2.45) is 0 Å². The van der Waals surface area contributed by atoms with E-state index < -0.39 is 5.97 Å². The van der Waals surface area contributed by atoms with Gasteiger partial charge < -0.3 is 5.11 Å². The second kappa shape index (κ2) is 6.79. The molecule has 6 heteroatoms. The van der Waals surface area contributed by atoms with E-state index >= 15 is 0 Å². The number of amides is 2. The monoisotopic (exact) mass is 319 g/mol. The molecule has 1 N–H and O–H groups in total. The zero-order valence-corrected chi connectivity index (χ0v) is 13.2. The molecule has 1 saturated heterocycles. The molecule has 0 aromatic heterocycles. The van der Waals surface area contributed by atoms with Crippen molar-refractivity contribution in [3.63, 3.8) is 0 Å². The van der Waals surface area contributed by atoms with Crippen LogP contribution < -0.4 is 0 Å². The number of carboxylic acid groups (broad SMARTS) is 1. The minimum atomic E-state index is -0.999. The van der Waals surface area contributed by atoms with Crippen LogP contribution in [0.1, 0.15) is 42.6 Å². The lowest BCUT2D eigenvalue weighted by atomic mass is 10.1. The van der Waals surface area contributed by atoms with E-state index in [-0.39, 0.29) is 22.8 Å².